The summed E-state index contributed by atoms with van der Waals surface area (Å²) in [6.45, 7) is 1.36. The van der Waals surface area contributed by atoms with Gasteiger partial charge in [0.25, 0.3) is 5.91 Å². The number of hydrogen-bond acceptors (Lipinski definition) is 3. The van der Waals surface area contributed by atoms with Crippen molar-refractivity contribution in [3.8, 4) is 0 Å². The molecule has 1 aliphatic heterocycles. The van der Waals surface area contributed by atoms with Gasteiger partial charge in [-0.3, -0.25) is 14.4 Å². The van der Waals surface area contributed by atoms with Crippen LogP contribution in [-0.2, 0) is 0 Å². The Morgan fingerprint density at radius 3 is 1.88 bits per heavy atom. The molecule has 0 unspecified atom stereocenters. The highest BCUT2D eigenvalue weighted by atomic mass is 35.5. The molecule has 1 saturated heterocycles. The van der Waals surface area contributed by atoms with Crippen molar-refractivity contribution in [1.82, 2.24) is 4.90 Å². The summed E-state index contributed by atoms with van der Waals surface area (Å²) in [4.78, 5) is 39.8. The molecule has 0 atom stereocenters. The van der Waals surface area contributed by atoms with Crippen molar-refractivity contribution in [2.24, 2.45) is 0 Å². The summed E-state index contributed by atoms with van der Waals surface area (Å²) in [7, 11) is 0. The summed E-state index contributed by atoms with van der Waals surface area (Å²) in [5, 5.41) is 0.223. The minimum absolute atomic E-state index is 0.128. The number of carbonyl (C=O) groups is 3. The molecule has 3 rings (SSSR count). The van der Waals surface area contributed by atoms with Gasteiger partial charge in [0.05, 0.1) is 10.6 Å². The first-order valence-corrected chi connectivity index (χ1v) is 8.69. The van der Waals surface area contributed by atoms with E-state index in [1.54, 1.807) is 41.3 Å². The van der Waals surface area contributed by atoms with Crippen molar-refractivity contribution in [3.05, 3.63) is 70.2 Å². The normalized spacial score (nSPS) is 14.2. The molecule has 0 aliphatic carbocycles. The topological polar surface area (TPSA) is 54.5 Å². The second-order valence-corrected chi connectivity index (χ2v) is 6.44. The maximum atomic E-state index is 12.8. The van der Waals surface area contributed by atoms with Crippen molar-refractivity contribution in [3.63, 3.8) is 0 Å². The van der Waals surface area contributed by atoms with Gasteiger partial charge in [-0.05, 0) is 37.5 Å². The van der Waals surface area contributed by atoms with E-state index >= 15 is 0 Å². The van der Waals surface area contributed by atoms with E-state index in [9.17, 15) is 14.4 Å². The zero-order valence-electron chi connectivity index (χ0n) is 13.7. The number of hydrogen-bond donors (Lipinski definition) is 0. The predicted molar refractivity (Wildman–Crippen MR) is 96.3 cm³/mol. The molecule has 0 saturated carbocycles. The number of carbonyl (C=O) groups excluding carboxylic acids is 3. The second kappa shape index (κ2) is 7.62. The monoisotopic (exact) mass is 355 g/mol. The molecule has 1 aliphatic rings. The number of rotatable bonds is 4. The fraction of sp³-hybridized carbons (Fsp3) is 0.250. The zero-order valence-corrected chi connectivity index (χ0v) is 14.5. The summed E-state index contributed by atoms with van der Waals surface area (Å²) < 4.78 is 0. The third-order valence-corrected chi connectivity index (χ3v) is 4.70. The standard InChI is InChI=1S/C20H18ClNO3/c21-17-11-5-4-10-16(17)19(24)18(23)14-8-2-3-9-15(14)20(25)22-12-6-1-7-13-22/h2-5,8-11H,1,6-7,12-13H2. The maximum absolute atomic E-state index is 12.8. The minimum atomic E-state index is -0.714. The Bertz CT molecular complexity index is 825. The number of ketones is 2. The van der Waals surface area contributed by atoms with E-state index in [0.29, 0.717) is 13.1 Å². The summed E-state index contributed by atoms with van der Waals surface area (Å²) in [6.07, 6.45) is 3.02. The number of Topliss-reactive ketones (excluding diaryl/α,β-unsaturated/α-hetero) is 2. The zero-order chi connectivity index (χ0) is 17.8. The van der Waals surface area contributed by atoms with Gasteiger partial charge >= 0.3 is 0 Å². The van der Waals surface area contributed by atoms with E-state index in [4.69, 9.17) is 11.6 Å². The summed E-state index contributed by atoms with van der Waals surface area (Å²) >= 11 is 6.03. The molecule has 2 aromatic carbocycles. The summed E-state index contributed by atoms with van der Waals surface area (Å²) in [6, 6.07) is 12.9. The molecule has 1 fully saturated rings. The number of benzene rings is 2. The van der Waals surface area contributed by atoms with Crippen molar-refractivity contribution in [1.29, 1.82) is 0 Å². The summed E-state index contributed by atoms with van der Waals surface area (Å²) in [5.74, 6) is -1.62. The molecule has 0 aromatic heterocycles. The van der Waals surface area contributed by atoms with Crippen LogP contribution in [-0.4, -0.2) is 35.5 Å². The number of piperidine rings is 1. The van der Waals surface area contributed by atoms with Crippen molar-refractivity contribution in [2.45, 2.75) is 19.3 Å². The van der Waals surface area contributed by atoms with E-state index in [2.05, 4.69) is 0 Å². The second-order valence-electron chi connectivity index (χ2n) is 6.04. The Morgan fingerprint density at radius 2 is 1.24 bits per heavy atom. The van der Waals surface area contributed by atoms with E-state index in [0.717, 1.165) is 19.3 Å². The first kappa shape index (κ1) is 17.4. The van der Waals surface area contributed by atoms with Gasteiger partial charge in [0.1, 0.15) is 0 Å². The average Bonchev–Trinajstić information content (AvgIpc) is 2.67. The number of likely N-dealkylation sites (tertiary alicyclic amines) is 1. The molecule has 0 N–H and O–H groups in total. The van der Waals surface area contributed by atoms with Gasteiger partial charge in [-0.25, -0.2) is 0 Å². The lowest BCUT2D eigenvalue weighted by Gasteiger charge is -2.27. The highest BCUT2D eigenvalue weighted by Gasteiger charge is 2.27. The molecule has 1 heterocycles. The van der Waals surface area contributed by atoms with Gasteiger partial charge in [0.2, 0.25) is 11.6 Å². The van der Waals surface area contributed by atoms with E-state index < -0.39 is 11.6 Å². The lowest BCUT2D eigenvalue weighted by molar-refractivity contribution is 0.0718. The van der Waals surface area contributed by atoms with Crippen molar-refractivity contribution < 1.29 is 14.4 Å². The molecule has 25 heavy (non-hydrogen) atoms. The van der Waals surface area contributed by atoms with Crippen LogP contribution < -0.4 is 0 Å². The van der Waals surface area contributed by atoms with Crippen LogP contribution in [0.5, 0.6) is 0 Å². The lowest BCUT2D eigenvalue weighted by Crippen LogP contribution is -2.36. The molecule has 0 bridgehead atoms. The van der Waals surface area contributed by atoms with Gasteiger partial charge < -0.3 is 4.90 Å². The average molecular weight is 356 g/mol. The fourth-order valence-electron chi connectivity index (χ4n) is 3.02. The smallest absolute Gasteiger partial charge is 0.254 e. The Morgan fingerprint density at radius 1 is 0.720 bits per heavy atom. The van der Waals surface area contributed by atoms with Gasteiger partial charge in [0.15, 0.2) is 0 Å². The van der Waals surface area contributed by atoms with Crippen LogP contribution in [0.25, 0.3) is 0 Å². The molecule has 1 amide bonds. The Labute approximate surface area is 151 Å². The number of amides is 1. The van der Waals surface area contributed by atoms with Crippen LogP contribution in [0.2, 0.25) is 5.02 Å². The molecule has 0 radical (unpaired) electrons. The van der Waals surface area contributed by atoms with Crippen molar-refractivity contribution in [2.75, 3.05) is 13.1 Å². The number of halogens is 1. The Kier molecular flexibility index (Phi) is 5.29. The van der Waals surface area contributed by atoms with E-state index in [1.807, 2.05) is 0 Å². The predicted octanol–water partition coefficient (Wildman–Crippen LogP) is 4.03. The molecule has 4 nitrogen and oxygen atoms in total. The SMILES string of the molecule is O=C(C(=O)c1ccccc1C(=O)N1CCCCC1)c1ccccc1Cl. The Hall–Kier alpha value is -2.46. The molecular weight excluding hydrogens is 338 g/mol. The van der Waals surface area contributed by atoms with Crippen molar-refractivity contribution >= 4 is 29.1 Å². The minimum Gasteiger partial charge on any atom is -0.339 e. The molecule has 0 spiro atoms. The molecular formula is C20H18ClNO3. The van der Waals surface area contributed by atoms with Gasteiger partial charge in [-0.15, -0.1) is 0 Å². The quantitative estimate of drug-likeness (QED) is 0.614. The van der Waals surface area contributed by atoms with Crippen LogP contribution >= 0.6 is 11.6 Å². The van der Waals surface area contributed by atoms with Gasteiger partial charge in [0, 0.05) is 24.2 Å². The first-order chi connectivity index (χ1) is 12.1. The third-order valence-electron chi connectivity index (χ3n) is 4.37. The fourth-order valence-corrected chi connectivity index (χ4v) is 3.25. The van der Waals surface area contributed by atoms with Crippen LogP contribution in [0, 0.1) is 0 Å². The third kappa shape index (κ3) is 3.64. The van der Waals surface area contributed by atoms with Crippen LogP contribution in [0.3, 0.4) is 0 Å². The maximum Gasteiger partial charge on any atom is 0.254 e. The highest BCUT2D eigenvalue weighted by molar-refractivity contribution is 6.52. The summed E-state index contributed by atoms with van der Waals surface area (Å²) in [5.41, 5.74) is 0.548. The Balaban J connectivity index is 1.92. The first-order valence-electron chi connectivity index (χ1n) is 8.31. The number of nitrogens with zero attached hydrogens (tertiary/aromatic N) is 1. The van der Waals surface area contributed by atoms with Gasteiger partial charge in [-0.1, -0.05) is 41.9 Å². The van der Waals surface area contributed by atoms with Crippen LogP contribution in [0.4, 0.5) is 0 Å². The van der Waals surface area contributed by atoms with E-state index in [-0.39, 0.29) is 27.6 Å². The lowest BCUT2D eigenvalue weighted by atomic mass is 9.96. The van der Waals surface area contributed by atoms with Crippen LogP contribution in [0.15, 0.2) is 48.5 Å². The van der Waals surface area contributed by atoms with E-state index in [1.165, 1.54) is 12.1 Å². The molecule has 5 heteroatoms. The highest BCUT2D eigenvalue weighted by Crippen LogP contribution is 2.21. The molecule has 128 valence electrons. The largest absolute Gasteiger partial charge is 0.339 e. The van der Waals surface area contributed by atoms with Gasteiger partial charge in [-0.2, -0.15) is 0 Å². The molecule has 2 aromatic rings. The van der Waals surface area contributed by atoms with Crippen LogP contribution in [0.1, 0.15) is 50.3 Å².